The van der Waals surface area contributed by atoms with E-state index in [-0.39, 0.29) is 28.0 Å². The highest BCUT2D eigenvalue weighted by atomic mass is 32.2. The molecule has 0 atom stereocenters. The number of nitrogens with one attached hydrogen (secondary N) is 3. The molecule has 11 nitrogen and oxygen atoms in total. The van der Waals surface area contributed by atoms with Crippen molar-refractivity contribution in [2.24, 2.45) is 0 Å². The summed E-state index contributed by atoms with van der Waals surface area (Å²) in [5.74, 6) is -7.38. The lowest BCUT2D eigenvalue weighted by molar-refractivity contribution is -0.286. The number of sulfonamides is 1. The van der Waals surface area contributed by atoms with E-state index in [1.165, 1.54) is 19.2 Å². The molecule has 3 N–H and O–H groups in total. The molecule has 0 unspecified atom stereocenters. The number of rotatable bonds is 8. The van der Waals surface area contributed by atoms with E-state index in [1.807, 2.05) is 0 Å². The number of hydrogen-bond acceptors (Lipinski definition) is 8. The Morgan fingerprint density at radius 1 is 0.780 bits per heavy atom. The normalized spacial score (nSPS) is 13.4. The van der Waals surface area contributed by atoms with Crippen molar-refractivity contribution in [3.63, 3.8) is 0 Å². The van der Waals surface area contributed by atoms with Crippen molar-refractivity contribution >= 4 is 39.1 Å². The van der Waals surface area contributed by atoms with Gasteiger partial charge in [0.05, 0.1) is 35.7 Å². The van der Waals surface area contributed by atoms with E-state index in [0.717, 1.165) is 42.7 Å². The first-order valence-electron chi connectivity index (χ1n) is 13.7. The molecule has 262 valence electrons. The van der Waals surface area contributed by atoms with Crippen LogP contribution in [0.15, 0.2) is 66.7 Å². The number of hydrogen-bond donors (Lipinski definition) is 3. The number of carbonyl (C=O) groups is 3. The number of alkyl halides is 5. The number of halogens is 7. The molecule has 4 aromatic carbocycles. The van der Waals surface area contributed by atoms with Gasteiger partial charge in [0.1, 0.15) is 17.4 Å². The number of benzene rings is 4. The van der Waals surface area contributed by atoms with Crippen molar-refractivity contribution in [2.75, 3.05) is 24.0 Å². The average molecular weight is 728 g/mol. The second-order valence-electron chi connectivity index (χ2n) is 10.4. The number of anilines is 2. The van der Waals surface area contributed by atoms with Gasteiger partial charge in [-0.2, -0.15) is 13.2 Å². The second kappa shape index (κ2) is 12.9. The van der Waals surface area contributed by atoms with Gasteiger partial charge in [-0.25, -0.2) is 21.9 Å². The van der Waals surface area contributed by atoms with Crippen LogP contribution in [-0.4, -0.2) is 45.8 Å². The molecule has 0 bridgehead atoms. The Labute approximate surface area is 277 Å². The van der Waals surface area contributed by atoms with Crippen LogP contribution in [0, 0.1) is 11.6 Å². The minimum absolute atomic E-state index is 0.0254. The predicted molar refractivity (Wildman–Crippen MR) is 161 cm³/mol. The van der Waals surface area contributed by atoms with Crippen molar-refractivity contribution in [3.8, 4) is 28.4 Å². The van der Waals surface area contributed by atoms with Crippen LogP contribution in [-0.2, 0) is 16.2 Å². The summed E-state index contributed by atoms with van der Waals surface area (Å²) in [6.45, 7) is 0. The Morgan fingerprint density at radius 3 is 2.06 bits per heavy atom. The van der Waals surface area contributed by atoms with Crippen LogP contribution >= 0.6 is 0 Å². The smallest absolute Gasteiger partial charge is 0.496 e. The van der Waals surface area contributed by atoms with Gasteiger partial charge in [-0.15, -0.1) is 8.78 Å². The highest BCUT2D eigenvalue weighted by Crippen LogP contribution is 2.44. The molecular weight excluding hydrogens is 707 g/mol. The maximum Gasteiger partial charge on any atom is 0.586 e. The Morgan fingerprint density at radius 2 is 1.42 bits per heavy atom. The van der Waals surface area contributed by atoms with Crippen LogP contribution in [0.25, 0.3) is 11.1 Å². The quantitative estimate of drug-likeness (QED) is 0.183. The molecule has 50 heavy (non-hydrogen) atoms. The van der Waals surface area contributed by atoms with E-state index in [9.17, 15) is 53.5 Å². The fourth-order valence-electron chi connectivity index (χ4n) is 4.66. The molecule has 0 fully saturated rings. The molecule has 0 aliphatic carbocycles. The third-order valence-electron chi connectivity index (χ3n) is 6.83. The van der Waals surface area contributed by atoms with Crippen molar-refractivity contribution in [3.05, 3.63) is 101 Å². The minimum atomic E-state index is -5.13. The standard InChI is InChI=1S/C31H20F7N3O8S/c1-47-24-8-4-14(17-10-15(3-6-21(17)32)27(42)41-50(2,45)46)9-19(24)29(44)40-23-13-26-25(48-31(37,38)49-26)12-18(23)28(43)39-16-5-7-22(33)20(11-16)30(34,35)36/h3-13H,1-2H3,(H,39,43)(H,40,44)(H,41,42). The van der Waals surface area contributed by atoms with Gasteiger partial charge in [-0.3, -0.25) is 14.4 Å². The van der Waals surface area contributed by atoms with Gasteiger partial charge in [-0.1, -0.05) is 6.07 Å². The summed E-state index contributed by atoms with van der Waals surface area (Å²) in [5, 5.41) is 4.37. The SMILES string of the molecule is COc1ccc(-c2cc(C(=O)NS(C)(=O)=O)ccc2F)cc1C(=O)Nc1cc2c(cc1C(=O)Nc1ccc(F)c(C(F)(F)F)c1)OC(F)(F)O2. The summed E-state index contributed by atoms with van der Waals surface area (Å²) in [7, 11) is -2.80. The summed E-state index contributed by atoms with van der Waals surface area (Å²) < 4.78 is 135. The lowest BCUT2D eigenvalue weighted by Gasteiger charge is -2.16. The molecule has 1 aliphatic rings. The van der Waals surface area contributed by atoms with Crippen LogP contribution in [0.4, 0.5) is 42.1 Å². The van der Waals surface area contributed by atoms with Gasteiger partial charge < -0.3 is 24.8 Å². The van der Waals surface area contributed by atoms with E-state index >= 15 is 0 Å². The van der Waals surface area contributed by atoms with Gasteiger partial charge >= 0.3 is 12.5 Å². The molecular formula is C31H20F7N3O8S. The van der Waals surface area contributed by atoms with Crippen LogP contribution in [0.1, 0.15) is 36.6 Å². The molecule has 0 spiro atoms. The van der Waals surface area contributed by atoms with E-state index < -0.39 is 85.9 Å². The van der Waals surface area contributed by atoms with Crippen LogP contribution in [0.3, 0.4) is 0 Å². The first kappa shape index (κ1) is 35.5. The molecule has 0 saturated carbocycles. The van der Waals surface area contributed by atoms with E-state index in [4.69, 9.17) is 4.74 Å². The fourth-order valence-corrected chi connectivity index (χ4v) is 5.12. The van der Waals surface area contributed by atoms with E-state index in [0.29, 0.717) is 18.2 Å². The van der Waals surface area contributed by atoms with Crippen LogP contribution in [0.2, 0.25) is 0 Å². The zero-order chi connectivity index (χ0) is 36.8. The number of ether oxygens (including phenoxy) is 3. The van der Waals surface area contributed by atoms with Gasteiger partial charge in [0, 0.05) is 22.9 Å². The average Bonchev–Trinajstić information content (AvgIpc) is 3.32. The number of amides is 3. The molecule has 0 aromatic heterocycles. The second-order valence-corrected chi connectivity index (χ2v) is 12.2. The predicted octanol–water partition coefficient (Wildman–Crippen LogP) is 6.17. The largest absolute Gasteiger partial charge is 0.586 e. The Hall–Kier alpha value is -5.85. The van der Waals surface area contributed by atoms with Crippen molar-refractivity contribution in [1.29, 1.82) is 0 Å². The van der Waals surface area contributed by atoms with Crippen molar-refractivity contribution < 1.29 is 67.7 Å². The zero-order valence-electron chi connectivity index (χ0n) is 25.2. The lowest BCUT2D eigenvalue weighted by atomic mass is 9.99. The van der Waals surface area contributed by atoms with Gasteiger partial charge in [-0.05, 0) is 60.2 Å². The zero-order valence-corrected chi connectivity index (χ0v) is 26.0. The maximum absolute atomic E-state index is 14.9. The molecule has 0 radical (unpaired) electrons. The third kappa shape index (κ3) is 7.72. The highest BCUT2D eigenvalue weighted by Gasteiger charge is 2.44. The summed E-state index contributed by atoms with van der Waals surface area (Å²) in [4.78, 5) is 39.3. The summed E-state index contributed by atoms with van der Waals surface area (Å²) in [6.07, 6.45) is -8.59. The molecule has 19 heteroatoms. The van der Waals surface area contributed by atoms with Gasteiger partial charge in [0.2, 0.25) is 10.0 Å². The fraction of sp³-hybridized carbons (Fsp3) is 0.129. The molecule has 3 amide bonds. The highest BCUT2D eigenvalue weighted by molar-refractivity contribution is 7.89. The number of methoxy groups -OCH3 is 1. The maximum atomic E-state index is 14.9. The topological polar surface area (TPSA) is 149 Å². The Balaban J connectivity index is 1.52. The molecule has 1 aliphatic heterocycles. The van der Waals surface area contributed by atoms with Gasteiger partial charge in [0.25, 0.3) is 17.7 Å². The summed E-state index contributed by atoms with van der Waals surface area (Å²) >= 11 is 0. The Kier molecular flexibility index (Phi) is 9.13. The minimum Gasteiger partial charge on any atom is -0.496 e. The first-order valence-corrected chi connectivity index (χ1v) is 15.6. The summed E-state index contributed by atoms with van der Waals surface area (Å²) in [6, 6.07) is 9.56. The number of carbonyl (C=O) groups excluding carboxylic acids is 3. The van der Waals surface area contributed by atoms with Crippen molar-refractivity contribution in [2.45, 2.75) is 12.5 Å². The van der Waals surface area contributed by atoms with Crippen LogP contribution in [0.5, 0.6) is 17.2 Å². The monoisotopic (exact) mass is 727 g/mol. The first-order chi connectivity index (χ1) is 23.2. The van der Waals surface area contributed by atoms with Crippen molar-refractivity contribution in [1.82, 2.24) is 4.72 Å². The van der Waals surface area contributed by atoms with E-state index in [1.54, 1.807) is 4.72 Å². The molecule has 4 aromatic rings. The number of fused-ring (bicyclic) bond motifs is 1. The Bertz CT molecular complexity index is 2180. The van der Waals surface area contributed by atoms with E-state index in [2.05, 4.69) is 20.1 Å². The lowest BCUT2D eigenvalue weighted by Crippen LogP contribution is -2.29. The van der Waals surface area contributed by atoms with Crippen LogP contribution < -0.4 is 29.6 Å². The third-order valence-corrected chi connectivity index (χ3v) is 7.38. The summed E-state index contributed by atoms with van der Waals surface area (Å²) in [5.41, 5.74) is -4.28. The molecule has 5 rings (SSSR count). The molecule has 1 heterocycles. The molecule has 0 saturated heterocycles. The van der Waals surface area contributed by atoms with Gasteiger partial charge in [0.15, 0.2) is 11.5 Å².